The molecular formula is C17H33N. The van der Waals surface area contributed by atoms with E-state index in [1.54, 1.807) is 0 Å². The van der Waals surface area contributed by atoms with Gasteiger partial charge in [-0.15, -0.1) is 0 Å². The number of hydrogen-bond acceptors (Lipinski definition) is 1. The molecule has 2 fully saturated rings. The molecule has 0 saturated heterocycles. The summed E-state index contributed by atoms with van der Waals surface area (Å²) in [5.74, 6) is 2.97. The minimum Gasteiger partial charge on any atom is -0.317 e. The Bertz CT molecular complexity index is 210. The fraction of sp³-hybridized carbons (Fsp3) is 1.00. The number of rotatable bonds is 4. The maximum Gasteiger partial charge on any atom is 0.00949 e. The first-order valence-electron chi connectivity index (χ1n) is 8.47. The predicted octanol–water partition coefficient (Wildman–Crippen LogP) is 4.76. The van der Waals surface area contributed by atoms with Gasteiger partial charge >= 0.3 is 0 Å². The lowest BCUT2D eigenvalue weighted by Crippen LogP contribution is -2.37. The Morgan fingerprint density at radius 1 is 0.889 bits per heavy atom. The highest BCUT2D eigenvalue weighted by Crippen LogP contribution is 2.34. The van der Waals surface area contributed by atoms with Crippen molar-refractivity contribution in [3.8, 4) is 0 Å². The third-order valence-corrected chi connectivity index (χ3v) is 5.56. The van der Waals surface area contributed by atoms with Crippen molar-refractivity contribution in [1.82, 2.24) is 5.32 Å². The molecular weight excluding hydrogens is 218 g/mol. The molecule has 106 valence electrons. The zero-order chi connectivity index (χ0) is 12.8. The van der Waals surface area contributed by atoms with Crippen LogP contribution in [0.25, 0.3) is 0 Å². The summed E-state index contributed by atoms with van der Waals surface area (Å²) in [5.41, 5.74) is 0. The normalized spacial score (nSPS) is 33.0. The second-order valence-electron chi connectivity index (χ2n) is 7.01. The summed E-state index contributed by atoms with van der Waals surface area (Å²) < 4.78 is 0. The summed E-state index contributed by atoms with van der Waals surface area (Å²) in [5, 5.41) is 3.65. The molecule has 0 aromatic heterocycles. The molecule has 1 unspecified atom stereocenters. The van der Waals surface area contributed by atoms with E-state index in [9.17, 15) is 0 Å². The van der Waals surface area contributed by atoms with Gasteiger partial charge in [0.2, 0.25) is 0 Å². The summed E-state index contributed by atoms with van der Waals surface area (Å²) in [4.78, 5) is 0. The molecule has 2 saturated carbocycles. The van der Waals surface area contributed by atoms with E-state index in [0.29, 0.717) is 0 Å². The van der Waals surface area contributed by atoms with Gasteiger partial charge in [0.1, 0.15) is 0 Å². The van der Waals surface area contributed by atoms with Crippen molar-refractivity contribution >= 4 is 0 Å². The van der Waals surface area contributed by atoms with E-state index in [2.05, 4.69) is 19.3 Å². The molecule has 1 heteroatoms. The molecule has 0 aromatic carbocycles. The standard InChI is InChI=1S/C17H33N/c1-14-9-11-16(12-10-14)17(18-2)13-15-7-5-3-4-6-8-15/h14-18H,3-13H2,1-2H3. The van der Waals surface area contributed by atoms with Crippen LogP contribution in [0.2, 0.25) is 0 Å². The molecule has 2 rings (SSSR count). The fourth-order valence-electron chi connectivity index (χ4n) is 4.19. The molecule has 2 aliphatic rings. The molecule has 0 spiro atoms. The van der Waals surface area contributed by atoms with Gasteiger partial charge < -0.3 is 5.32 Å². The molecule has 0 bridgehead atoms. The molecule has 1 atom stereocenters. The summed E-state index contributed by atoms with van der Waals surface area (Å²) in [6.45, 7) is 2.43. The van der Waals surface area contributed by atoms with Crippen LogP contribution in [0.3, 0.4) is 0 Å². The Kier molecular flexibility index (Phi) is 6.01. The summed E-state index contributed by atoms with van der Waals surface area (Å²) in [6.07, 6.45) is 16.3. The van der Waals surface area contributed by atoms with Crippen LogP contribution >= 0.6 is 0 Å². The van der Waals surface area contributed by atoms with Gasteiger partial charge in [0.05, 0.1) is 0 Å². The zero-order valence-corrected chi connectivity index (χ0v) is 12.6. The van der Waals surface area contributed by atoms with Crippen molar-refractivity contribution in [2.75, 3.05) is 7.05 Å². The second-order valence-corrected chi connectivity index (χ2v) is 7.01. The molecule has 18 heavy (non-hydrogen) atoms. The van der Waals surface area contributed by atoms with Gasteiger partial charge in [-0.3, -0.25) is 0 Å². The van der Waals surface area contributed by atoms with E-state index < -0.39 is 0 Å². The van der Waals surface area contributed by atoms with E-state index >= 15 is 0 Å². The topological polar surface area (TPSA) is 12.0 Å². The van der Waals surface area contributed by atoms with Crippen LogP contribution in [0.15, 0.2) is 0 Å². The van der Waals surface area contributed by atoms with Crippen molar-refractivity contribution in [1.29, 1.82) is 0 Å². The molecule has 0 amide bonds. The van der Waals surface area contributed by atoms with Crippen LogP contribution < -0.4 is 5.32 Å². The van der Waals surface area contributed by atoms with Crippen LogP contribution in [0.4, 0.5) is 0 Å². The van der Waals surface area contributed by atoms with Crippen molar-refractivity contribution in [2.45, 2.75) is 83.6 Å². The van der Waals surface area contributed by atoms with Gasteiger partial charge in [-0.25, -0.2) is 0 Å². The Morgan fingerprint density at radius 2 is 1.50 bits per heavy atom. The van der Waals surface area contributed by atoms with Crippen molar-refractivity contribution < 1.29 is 0 Å². The Morgan fingerprint density at radius 3 is 2.06 bits per heavy atom. The smallest absolute Gasteiger partial charge is 0.00949 e. The van der Waals surface area contributed by atoms with Crippen LogP contribution in [0, 0.1) is 17.8 Å². The van der Waals surface area contributed by atoms with Crippen LogP contribution in [0.1, 0.15) is 77.6 Å². The lowest BCUT2D eigenvalue weighted by Gasteiger charge is -2.34. The first-order valence-corrected chi connectivity index (χ1v) is 8.47. The average Bonchev–Trinajstić information content (AvgIpc) is 2.66. The zero-order valence-electron chi connectivity index (χ0n) is 12.6. The quantitative estimate of drug-likeness (QED) is 0.710. The van der Waals surface area contributed by atoms with E-state index in [-0.39, 0.29) is 0 Å². The lowest BCUT2D eigenvalue weighted by atomic mass is 9.76. The third kappa shape index (κ3) is 4.26. The summed E-state index contributed by atoms with van der Waals surface area (Å²) in [7, 11) is 2.19. The molecule has 0 radical (unpaired) electrons. The maximum absolute atomic E-state index is 3.65. The molecule has 0 heterocycles. The fourth-order valence-corrected chi connectivity index (χ4v) is 4.19. The second kappa shape index (κ2) is 7.53. The Hall–Kier alpha value is -0.0400. The van der Waals surface area contributed by atoms with Crippen LogP contribution in [0.5, 0.6) is 0 Å². The summed E-state index contributed by atoms with van der Waals surface area (Å²) >= 11 is 0. The predicted molar refractivity (Wildman–Crippen MR) is 79.8 cm³/mol. The van der Waals surface area contributed by atoms with Gasteiger partial charge in [-0.1, -0.05) is 58.3 Å². The van der Waals surface area contributed by atoms with Crippen LogP contribution in [-0.4, -0.2) is 13.1 Å². The highest BCUT2D eigenvalue weighted by molar-refractivity contribution is 4.82. The first-order chi connectivity index (χ1) is 8.79. The molecule has 1 N–H and O–H groups in total. The Balaban J connectivity index is 1.80. The highest BCUT2D eigenvalue weighted by Gasteiger charge is 2.27. The number of hydrogen-bond donors (Lipinski definition) is 1. The average molecular weight is 251 g/mol. The highest BCUT2D eigenvalue weighted by atomic mass is 14.9. The van der Waals surface area contributed by atoms with Gasteiger partial charge in [-0.2, -0.15) is 0 Å². The largest absolute Gasteiger partial charge is 0.317 e. The van der Waals surface area contributed by atoms with Gasteiger partial charge in [0.25, 0.3) is 0 Å². The number of nitrogens with one attached hydrogen (secondary N) is 1. The van der Waals surface area contributed by atoms with Crippen LogP contribution in [-0.2, 0) is 0 Å². The monoisotopic (exact) mass is 251 g/mol. The van der Waals surface area contributed by atoms with E-state index in [1.165, 1.54) is 70.6 Å². The van der Waals surface area contributed by atoms with E-state index in [0.717, 1.165) is 23.8 Å². The van der Waals surface area contributed by atoms with Gasteiger partial charge in [0.15, 0.2) is 0 Å². The van der Waals surface area contributed by atoms with Gasteiger partial charge in [0, 0.05) is 6.04 Å². The minimum atomic E-state index is 0.806. The first kappa shape index (κ1) is 14.4. The minimum absolute atomic E-state index is 0.806. The Labute approximate surface area is 114 Å². The summed E-state index contributed by atoms with van der Waals surface area (Å²) in [6, 6.07) is 0.806. The van der Waals surface area contributed by atoms with E-state index in [1.807, 2.05) is 0 Å². The van der Waals surface area contributed by atoms with Crippen molar-refractivity contribution in [2.24, 2.45) is 17.8 Å². The molecule has 1 nitrogen and oxygen atoms in total. The third-order valence-electron chi connectivity index (χ3n) is 5.56. The lowest BCUT2D eigenvalue weighted by molar-refractivity contribution is 0.207. The molecule has 0 aromatic rings. The van der Waals surface area contributed by atoms with E-state index in [4.69, 9.17) is 0 Å². The van der Waals surface area contributed by atoms with Crippen molar-refractivity contribution in [3.63, 3.8) is 0 Å². The SMILES string of the molecule is CNC(CC1CCCCCC1)C1CCC(C)CC1. The van der Waals surface area contributed by atoms with Crippen molar-refractivity contribution in [3.05, 3.63) is 0 Å². The molecule has 2 aliphatic carbocycles. The molecule has 0 aliphatic heterocycles. The van der Waals surface area contributed by atoms with Gasteiger partial charge in [-0.05, 0) is 44.1 Å². The maximum atomic E-state index is 3.65.